The van der Waals surface area contributed by atoms with Crippen molar-refractivity contribution >= 4 is 32.8 Å². The molecular formula is C14H15BrN6O. The number of fused-ring (bicyclic) bond motifs is 1. The fourth-order valence-corrected chi connectivity index (χ4v) is 3.22. The minimum atomic E-state index is 0.152. The van der Waals surface area contributed by atoms with Gasteiger partial charge in [-0.05, 0) is 42.6 Å². The predicted molar refractivity (Wildman–Crippen MR) is 85.3 cm³/mol. The van der Waals surface area contributed by atoms with E-state index in [2.05, 4.69) is 36.2 Å². The van der Waals surface area contributed by atoms with Gasteiger partial charge < -0.3 is 10.3 Å². The molecule has 0 bridgehead atoms. The van der Waals surface area contributed by atoms with Crippen molar-refractivity contribution in [3.8, 4) is 11.4 Å². The Balaban J connectivity index is 1.98. The molecule has 4 rings (SSSR count). The molecule has 22 heavy (non-hydrogen) atoms. The van der Waals surface area contributed by atoms with Crippen molar-refractivity contribution in [1.29, 1.82) is 0 Å². The zero-order valence-electron chi connectivity index (χ0n) is 12.2. The second-order valence-corrected chi connectivity index (χ2v) is 6.62. The van der Waals surface area contributed by atoms with E-state index in [1.54, 1.807) is 0 Å². The summed E-state index contributed by atoms with van der Waals surface area (Å²) in [7, 11) is 0. The molecule has 3 heterocycles. The highest BCUT2D eigenvalue weighted by Crippen LogP contribution is 2.46. The van der Waals surface area contributed by atoms with E-state index in [1.807, 2.05) is 18.5 Å². The first kappa shape index (κ1) is 13.7. The number of nitrogens with two attached hydrogens (primary N) is 1. The highest BCUT2D eigenvalue weighted by molar-refractivity contribution is 9.10. The summed E-state index contributed by atoms with van der Waals surface area (Å²) in [6.45, 7) is 4.09. The molecule has 0 unspecified atom stereocenters. The van der Waals surface area contributed by atoms with E-state index in [0.29, 0.717) is 34.2 Å². The maximum Gasteiger partial charge on any atom is 0.164 e. The van der Waals surface area contributed by atoms with Gasteiger partial charge in [-0.2, -0.15) is 5.10 Å². The van der Waals surface area contributed by atoms with Crippen LogP contribution in [0.2, 0.25) is 0 Å². The van der Waals surface area contributed by atoms with E-state index in [9.17, 15) is 0 Å². The molecule has 0 atom stereocenters. The first-order chi connectivity index (χ1) is 10.6. The van der Waals surface area contributed by atoms with E-state index in [4.69, 9.17) is 10.3 Å². The molecule has 1 saturated carbocycles. The summed E-state index contributed by atoms with van der Waals surface area (Å²) in [5.74, 6) is 1.75. The molecule has 8 heteroatoms. The van der Waals surface area contributed by atoms with E-state index in [-0.39, 0.29) is 6.04 Å². The molecule has 1 aliphatic carbocycles. The van der Waals surface area contributed by atoms with E-state index in [0.717, 1.165) is 23.1 Å². The molecule has 7 nitrogen and oxygen atoms in total. The molecule has 0 aromatic carbocycles. The van der Waals surface area contributed by atoms with Crippen molar-refractivity contribution in [2.75, 3.05) is 5.73 Å². The van der Waals surface area contributed by atoms with Crippen molar-refractivity contribution in [1.82, 2.24) is 24.9 Å². The van der Waals surface area contributed by atoms with Gasteiger partial charge in [-0.1, -0.05) is 5.16 Å². The van der Waals surface area contributed by atoms with E-state index in [1.165, 1.54) is 6.33 Å². The number of aromatic nitrogens is 5. The van der Waals surface area contributed by atoms with Crippen LogP contribution < -0.4 is 5.73 Å². The van der Waals surface area contributed by atoms with Crippen LogP contribution in [0.1, 0.15) is 44.4 Å². The number of hydrogen-bond donors (Lipinski definition) is 1. The Kier molecular flexibility index (Phi) is 2.97. The van der Waals surface area contributed by atoms with Gasteiger partial charge in [0, 0.05) is 12.0 Å². The molecule has 0 radical (unpaired) electrons. The first-order valence-corrected chi connectivity index (χ1v) is 8.01. The molecule has 1 aliphatic rings. The topological polar surface area (TPSA) is 95.7 Å². The number of anilines is 1. The van der Waals surface area contributed by atoms with Crippen LogP contribution in [0.3, 0.4) is 0 Å². The molecule has 0 amide bonds. The van der Waals surface area contributed by atoms with Gasteiger partial charge >= 0.3 is 0 Å². The Hall–Kier alpha value is -1.96. The lowest BCUT2D eigenvalue weighted by molar-refractivity contribution is 0.385. The molecule has 114 valence electrons. The molecule has 0 saturated heterocycles. The van der Waals surface area contributed by atoms with Crippen molar-refractivity contribution in [3.63, 3.8) is 0 Å². The Labute approximate surface area is 135 Å². The predicted octanol–water partition coefficient (Wildman–Crippen LogP) is 3.28. The average Bonchev–Trinajstić information content (AvgIpc) is 3.13. The van der Waals surface area contributed by atoms with Crippen LogP contribution in [0.25, 0.3) is 22.4 Å². The molecule has 3 aromatic heterocycles. The lowest BCUT2D eigenvalue weighted by Crippen LogP contribution is -2.04. The quantitative estimate of drug-likeness (QED) is 0.767. The number of rotatable bonds is 3. The molecule has 1 fully saturated rings. The van der Waals surface area contributed by atoms with Crippen LogP contribution in [-0.4, -0.2) is 24.9 Å². The minimum absolute atomic E-state index is 0.152. The van der Waals surface area contributed by atoms with Crippen LogP contribution in [0.4, 0.5) is 5.82 Å². The summed E-state index contributed by atoms with van der Waals surface area (Å²) >= 11 is 3.60. The van der Waals surface area contributed by atoms with Crippen LogP contribution in [-0.2, 0) is 0 Å². The first-order valence-electron chi connectivity index (χ1n) is 7.22. The van der Waals surface area contributed by atoms with Crippen molar-refractivity contribution in [3.05, 3.63) is 16.6 Å². The molecule has 0 spiro atoms. The van der Waals surface area contributed by atoms with Gasteiger partial charge in [-0.3, -0.25) is 0 Å². The SMILES string of the molecule is CC(C)n1nc(-c2noc(C3CC3)c2Br)c2c(N)ncnc21. The maximum absolute atomic E-state index is 6.06. The van der Waals surface area contributed by atoms with E-state index < -0.39 is 0 Å². The van der Waals surface area contributed by atoms with Gasteiger partial charge in [0.05, 0.1) is 9.86 Å². The van der Waals surface area contributed by atoms with Gasteiger partial charge in [0.25, 0.3) is 0 Å². The van der Waals surface area contributed by atoms with Crippen molar-refractivity contribution in [2.24, 2.45) is 0 Å². The second kappa shape index (κ2) is 4.77. The average molecular weight is 363 g/mol. The third kappa shape index (κ3) is 1.93. The zero-order valence-corrected chi connectivity index (χ0v) is 13.8. The van der Waals surface area contributed by atoms with Crippen molar-refractivity contribution < 1.29 is 4.52 Å². The number of nitrogen functional groups attached to an aromatic ring is 1. The summed E-state index contributed by atoms with van der Waals surface area (Å²) in [5, 5.41) is 9.57. The Morgan fingerprint density at radius 3 is 2.77 bits per heavy atom. The number of nitrogens with zero attached hydrogens (tertiary/aromatic N) is 5. The second-order valence-electron chi connectivity index (χ2n) is 5.83. The monoisotopic (exact) mass is 362 g/mol. The fraction of sp³-hybridized carbons (Fsp3) is 0.429. The summed E-state index contributed by atoms with van der Waals surface area (Å²) in [6.07, 6.45) is 3.73. The van der Waals surface area contributed by atoms with Gasteiger partial charge in [0.2, 0.25) is 0 Å². The van der Waals surface area contributed by atoms with Crippen LogP contribution >= 0.6 is 15.9 Å². The summed E-state index contributed by atoms with van der Waals surface area (Å²) < 4.78 is 8.19. The molecule has 3 aromatic rings. The Morgan fingerprint density at radius 2 is 2.09 bits per heavy atom. The summed E-state index contributed by atoms with van der Waals surface area (Å²) in [4.78, 5) is 8.42. The lowest BCUT2D eigenvalue weighted by atomic mass is 10.2. The van der Waals surface area contributed by atoms with Crippen LogP contribution in [0.15, 0.2) is 15.3 Å². The third-order valence-electron chi connectivity index (χ3n) is 3.84. The molecule has 2 N–H and O–H groups in total. The van der Waals surface area contributed by atoms with Crippen LogP contribution in [0, 0.1) is 0 Å². The Bertz CT molecular complexity index is 864. The highest BCUT2D eigenvalue weighted by Gasteiger charge is 2.33. The Morgan fingerprint density at radius 1 is 1.32 bits per heavy atom. The third-order valence-corrected chi connectivity index (χ3v) is 4.61. The van der Waals surface area contributed by atoms with Crippen molar-refractivity contribution in [2.45, 2.75) is 38.6 Å². The zero-order chi connectivity index (χ0) is 15.4. The van der Waals surface area contributed by atoms with Crippen LogP contribution in [0.5, 0.6) is 0 Å². The molecular weight excluding hydrogens is 348 g/mol. The standard InChI is InChI=1S/C14H15BrN6O/c1-6(2)21-14-8(13(16)17-5-18-14)10(19-21)11-9(15)12(22-20-11)7-3-4-7/h5-7H,3-4H2,1-2H3,(H2,16,17,18). The smallest absolute Gasteiger partial charge is 0.164 e. The normalized spacial score (nSPS) is 15.1. The van der Waals surface area contributed by atoms with Gasteiger partial charge in [-0.25, -0.2) is 14.6 Å². The summed E-state index contributed by atoms with van der Waals surface area (Å²) in [5.41, 5.74) is 8.08. The molecule has 0 aliphatic heterocycles. The van der Waals surface area contributed by atoms with E-state index >= 15 is 0 Å². The largest absolute Gasteiger partial charge is 0.383 e. The minimum Gasteiger partial charge on any atom is -0.383 e. The lowest BCUT2D eigenvalue weighted by Gasteiger charge is -2.05. The summed E-state index contributed by atoms with van der Waals surface area (Å²) in [6, 6.07) is 0.152. The highest BCUT2D eigenvalue weighted by atomic mass is 79.9. The number of halogens is 1. The van der Waals surface area contributed by atoms with Gasteiger partial charge in [0.15, 0.2) is 11.4 Å². The number of hydrogen-bond acceptors (Lipinski definition) is 6. The van der Waals surface area contributed by atoms with Gasteiger partial charge in [-0.15, -0.1) is 0 Å². The maximum atomic E-state index is 6.06. The van der Waals surface area contributed by atoms with Gasteiger partial charge in [0.1, 0.15) is 23.5 Å². The fourth-order valence-electron chi connectivity index (χ4n) is 2.56.